The second kappa shape index (κ2) is 12.4. The van der Waals surface area contributed by atoms with E-state index in [1.54, 1.807) is 23.1 Å². The zero-order valence-corrected chi connectivity index (χ0v) is 20.6. The minimum Gasteiger partial charge on any atom is -0.357 e. The number of amides is 2. The number of guanidine groups is 1. The summed E-state index contributed by atoms with van der Waals surface area (Å²) < 4.78 is 13.5. The Morgan fingerprint density at radius 3 is 2.62 bits per heavy atom. The summed E-state index contributed by atoms with van der Waals surface area (Å²) in [5.41, 5.74) is 2.38. The van der Waals surface area contributed by atoms with E-state index in [1.807, 2.05) is 37.1 Å². The molecule has 32 heavy (non-hydrogen) atoms. The fourth-order valence-electron chi connectivity index (χ4n) is 3.37. The molecule has 1 saturated heterocycles. The molecule has 172 valence electrons. The number of carbonyl (C=O) groups is 2. The third-order valence-electron chi connectivity index (χ3n) is 4.94. The zero-order chi connectivity index (χ0) is 22.2. The topological polar surface area (TPSA) is 77.0 Å². The summed E-state index contributed by atoms with van der Waals surface area (Å²) in [6.45, 7) is 4.76. The van der Waals surface area contributed by atoms with Crippen molar-refractivity contribution >= 4 is 41.8 Å². The van der Waals surface area contributed by atoms with Crippen LogP contribution in [0.5, 0.6) is 0 Å². The molecule has 2 amide bonds. The Morgan fingerprint density at radius 1 is 1.22 bits per heavy atom. The maximum atomic E-state index is 13.5. The van der Waals surface area contributed by atoms with Crippen LogP contribution in [0.1, 0.15) is 28.4 Å². The summed E-state index contributed by atoms with van der Waals surface area (Å²) >= 11 is 0. The van der Waals surface area contributed by atoms with E-state index in [2.05, 4.69) is 15.6 Å². The summed E-state index contributed by atoms with van der Waals surface area (Å²) in [4.78, 5) is 32.2. The van der Waals surface area contributed by atoms with Gasteiger partial charge in [0.05, 0.1) is 13.1 Å². The standard InChI is InChI=1S/C23H28FN5O2.HI/c1-3-25-23(28(2)15-18-5-4-6-20(24)13-18)27-14-17-7-9-19(10-8-17)22(31)29-12-11-26-21(30)16-29;/h4-10,13H,3,11-12,14-16H2,1-2H3,(H,25,27)(H,26,30);1H. The number of hydrogen-bond donors (Lipinski definition) is 2. The van der Waals surface area contributed by atoms with Gasteiger partial charge in [0.15, 0.2) is 5.96 Å². The molecule has 1 aliphatic rings. The molecule has 9 heteroatoms. The molecule has 2 aromatic rings. The number of nitrogens with zero attached hydrogens (tertiary/aromatic N) is 3. The van der Waals surface area contributed by atoms with E-state index in [4.69, 9.17) is 0 Å². The van der Waals surface area contributed by atoms with Gasteiger partial charge in [-0.05, 0) is 42.3 Å². The Morgan fingerprint density at radius 2 is 1.97 bits per heavy atom. The first-order valence-corrected chi connectivity index (χ1v) is 10.3. The van der Waals surface area contributed by atoms with E-state index in [0.29, 0.717) is 44.2 Å². The smallest absolute Gasteiger partial charge is 0.254 e. The average Bonchev–Trinajstić information content (AvgIpc) is 2.76. The van der Waals surface area contributed by atoms with E-state index >= 15 is 0 Å². The monoisotopic (exact) mass is 553 g/mol. The quantitative estimate of drug-likeness (QED) is 0.328. The Kier molecular flexibility index (Phi) is 9.89. The minimum atomic E-state index is -0.257. The molecule has 1 aliphatic heterocycles. The van der Waals surface area contributed by atoms with Crippen LogP contribution in [-0.2, 0) is 17.9 Å². The molecule has 0 radical (unpaired) electrons. The second-order valence-electron chi connectivity index (χ2n) is 7.43. The van der Waals surface area contributed by atoms with Gasteiger partial charge in [0.25, 0.3) is 5.91 Å². The fourth-order valence-corrected chi connectivity index (χ4v) is 3.37. The van der Waals surface area contributed by atoms with Crippen LogP contribution in [0, 0.1) is 5.82 Å². The number of carbonyl (C=O) groups excluding carboxylic acids is 2. The van der Waals surface area contributed by atoms with E-state index in [-0.39, 0.29) is 48.2 Å². The Labute approximate surface area is 205 Å². The van der Waals surface area contributed by atoms with Crippen molar-refractivity contribution in [2.45, 2.75) is 20.0 Å². The third kappa shape index (κ3) is 7.18. The first kappa shape index (κ1) is 25.6. The van der Waals surface area contributed by atoms with Crippen molar-refractivity contribution in [3.05, 3.63) is 71.0 Å². The molecule has 0 saturated carbocycles. The summed E-state index contributed by atoms with van der Waals surface area (Å²) in [5, 5.41) is 5.96. The van der Waals surface area contributed by atoms with Crippen molar-refractivity contribution in [2.75, 3.05) is 33.2 Å². The number of aliphatic imine (C=N–C) groups is 1. The lowest BCUT2D eigenvalue weighted by Crippen LogP contribution is -2.49. The first-order valence-electron chi connectivity index (χ1n) is 10.3. The van der Waals surface area contributed by atoms with Crippen molar-refractivity contribution in [1.82, 2.24) is 20.4 Å². The van der Waals surface area contributed by atoms with Gasteiger partial charge in [-0.1, -0.05) is 24.3 Å². The minimum absolute atomic E-state index is 0. The van der Waals surface area contributed by atoms with Crippen LogP contribution >= 0.6 is 24.0 Å². The Hall–Kier alpha value is -2.69. The highest BCUT2D eigenvalue weighted by atomic mass is 127. The van der Waals surface area contributed by atoms with Crippen LogP contribution in [0.25, 0.3) is 0 Å². The molecule has 0 spiro atoms. The highest BCUT2D eigenvalue weighted by molar-refractivity contribution is 14.0. The summed E-state index contributed by atoms with van der Waals surface area (Å²) in [7, 11) is 1.91. The SMILES string of the molecule is CCNC(=NCc1ccc(C(=O)N2CCNC(=O)C2)cc1)N(C)Cc1cccc(F)c1.I. The van der Waals surface area contributed by atoms with Gasteiger partial charge >= 0.3 is 0 Å². The normalized spacial score (nSPS) is 13.8. The first-order chi connectivity index (χ1) is 15.0. The van der Waals surface area contributed by atoms with Gasteiger partial charge < -0.3 is 20.4 Å². The lowest BCUT2D eigenvalue weighted by Gasteiger charge is -2.26. The van der Waals surface area contributed by atoms with E-state index in [1.165, 1.54) is 12.1 Å². The van der Waals surface area contributed by atoms with Crippen LogP contribution < -0.4 is 10.6 Å². The molecule has 0 aliphatic carbocycles. The Balaban J connectivity index is 0.00000363. The zero-order valence-electron chi connectivity index (χ0n) is 18.3. The summed E-state index contributed by atoms with van der Waals surface area (Å²) in [5.74, 6) is 0.177. The number of hydrogen-bond acceptors (Lipinski definition) is 3. The maximum Gasteiger partial charge on any atom is 0.254 e. The van der Waals surface area contributed by atoms with Crippen LogP contribution in [0.15, 0.2) is 53.5 Å². The van der Waals surface area contributed by atoms with E-state index < -0.39 is 0 Å². The molecule has 0 atom stereocenters. The summed E-state index contributed by atoms with van der Waals surface area (Å²) in [6.07, 6.45) is 0. The van der Waals surface area contributed by atoms with Crippen molar-refractivity contribution in [3.8, 4) is 0 Å². The van der Waals surface area contributed by atoms with Gasteiger partial charge in [-0.2, -0.15) is 0 Å². The van der Waals surface area contributed by atoms with Gasteiger partial charge in [-0.25, -0.2) is 9.38 Å². The van der Waals surface area contributed by atoms with E-state index in [9.17, 15) is 14.0 Å². The average molecular weight is 553 g/mol. The van der Waals surface area contributed by atoms with Gasteiger partial charge in [0, 0.05) is 38.8 Å². The van der Waals surface area contributed by atoms with Crippen molar-refractivity contribution in [3.63, 3.8) is 0 Å². The van der Waals surface area contributed by atoms with Crippen LogP contribution in [0.3, 0.4) is 0 Å². The number of benzene rings is 2. The maximum absolute atomic E-state index is 13.5. The molecule has 2 aromatic carbocycles. The molecule has 7 nitrogen and oxygen atoms in total. The number of piperazine rings is 1. The molecular weight excluding hydrogens is 524 g/mol. The molecule has 2 N–H and O–H groups in total. The predicted octanol–water partition coefficient (Wildman–Crippen LogP) is 2.61. The van der Waals surface area contributed by atoms with Crippen molar-refractivity contribution < 1.29 is 14.0 Å². The molecule has 3 rings (SSSR count). The van der Waals surface area contributed by atoms with Crippen LogP contribution in [-0.4, -0.2) is 60.8 Å². The summed E-state index contributed by atoms with van der Waals surface area (Å²) in [6, 6.07) is 13.8. The molecule has 0 unspecified atom stereocenters. The van der Waals surface area contributed by atoms with Gasteiger partial charge in [-0.3, -0.25) is 9.59 Å². The second-order valence-corrected chi connectivity index (χ2v) is 7.43. The molecule has 0 aromatic heterocycles. The lowest BCUT2D eigenvalue weighted by atomic mass is 10.1. The molecule has 0 bridgehead atoms. The third-order valence-corrected chi connectivity index (χ3v) is 4.94. The lowest BCUT2D eigenvalue weighted by molar-refractivity contribution is -0.123. The van der Waals surface area contributed by atoms with E-state index in [0.717, 1.165) is 11.1 Å². The van der Waals surface area contributed by atoms with Gasteiger partial charge in [0.2, 0.25) is 5.91 Å². The van der Waals surface area contributed by atoms with Crippen LogP contribution in [0.2, 0.25) is 0 Å². The van der Waals surface area contributed by atoms with Gasteiger partial charge in [-0.15, -0.1) is 24.0 Å². The van der Waals surface area contributed by atoms with Crippen LogP contribution in [0.4, 0.5) is 4.39 Å². The van der Waals surface area contributed by atoms with Crippen molar-refractivity contribution in [2.24, 2.45) is 4.99 Å². The number of halogens is 2. The Bertz CT molecular complexity index is 952. The molecule has 1 heterocycles. The largest absolute Gasteiger partial charge is 0.357 e. The predicted molar refractivity (Wildman–Crippen MR) is 133 cm³/mol. The van der Waals surface area contributed by atoms with Gasteiger partial charge in [0.1, 0.15) is 5.82 Å². The fraction of sp³-hybridized carbons (Fsp3) is 0.348. The number of rotatable bonds is 6. The number of nitrogens with one attached hydrogen (secondary N) is 2. The highest BCUT2D eigenvalue weighted by Crippen LogP contribution is 2.11. The molecule has 1 fully saturated rings. The highest BCUT2D eigenvalue weighted by Gasteiger charge is 2.22. The molecular formula is C23H29FIN5O2. The van der Waals surface area contributed by atoms with Crippen molar-refractivity contribution in [1.29, 1.82) is 0 Å².